The summed E-state index contributed by atoms with van der Waals surface area (Å²) in [5.74, 6) is -1.88. The number of hydrogen-bond acceptors (Lipinski definition) is 4. The fourth-order valence-corrected chi connectivity index (χ4v) is 2.13. The highest BCUT2D eigenvalue weighted by atomic mass is 16.5. The van der Waals surface area contributed by atoms with Gasteiger partial charge in [-0.15, -0.1) is 0 Å². The first kappa shape index (κ1) is 14.6. The van der Waals surface area contributed by atoms with Gasteiger partial charge in [-0.3, -0.25) is 18.7 Å². The molecule has 2 aromatic rings. The van der Waals surface area contributed by atoms with Crippen LogP contribution in [0.5, 0.6) is 5.75 Å². The monoisotopic (exact) mass is 294 g/mol. The molecule has 8 heteroatoms. The van der Waals surface area contributed by atoms with E-state index in [-0.39, 0.29) is 0 Å². The van der Waals surface area contributed by atoms with Gasteiger partial charge in [0, 0.05) is 6.07 Å². The van der Waals surface area contributed by atoms with E-state index in [2.05, 4.69) is 0 Å². The lowest BCUT2D eigenvalue weighted by Crippen LogP contribution is -2.28. The zero-order chi connectivity index (χ0) is 15.6. The molecule has 21 heavy (non-hydrogen) atoms. The summed E-state index contributed by atoms with van der Waals surface area (Å²) in [6, 6.07) is 4.68. The molecule has 0 bridgehead atoms. The summed E-state index contributed by atoms with van der Waals surface area (Å²) in [4.78, 5) is 33.9. The van der Waals surface area contributed by atoms with Crippen LogP contribution < -0.4 is 10.4 Å². The largest absolute Gasteiger partial charge is 0.494 e. The Kier molecular flexibility index (Phi) is 3.97. The van der Waals surface area contributed by atoms with Crippen LogP contribution in [-0.2, 0) is 22.7 Å². The standard InChI is InChI=1S/C13H14N2O6/c1-2-21-8-3-4-9-10(5-8)15(7-12(18)19)13(20)14(9)6-11(16)17/h3-5H,2,6-7H2,1H3,(H,16,17)(H,18,19). The number of fused-ring (bicyclic) bond motifs is 1. The number of carboxylic acid groups (broad SMARTS) is 2. The van der Waals surface area contributed by atoms with E-state index in [1.54, 1.807) is 19.1 Å². The summed E-state index contributed by atoms with van der Waals surface area (Å²) in [6.45, 7) is 1.14. The summed E-state index contributed by atoms with van der Waals surface area (Å²) >= 11 is 0. The predicted octanol–water partition coefficient (Wildman–Crippen LogP) is 0.371. The molecule has 0 aliphatic heterocycles. The first-order valence-electron chi connectivity index (χ1n) is 6.23. The number of imidazole rings is 1. The molecule has 0 amide bonds. The Labute approximate surface area is 118 Å². The van der Waals surface area contributed by atoms with Crippen LogP contribution >= 0.6 is 0 Å². The van der Waals surface area contributed by atoms with Crippen molar-refractivity contribution in [3.8, 4) is 5.75 Å². The number of ether oxygens (including phenoxy) is 1. The van der Waals surface area contributed by atoms with Crippen molar-refractivity contribution in [1.82, 2.24) is 9.13 Å². The summed E-state index contributed by atoms with van der Waals surface area (Å²) in [6.07, 6.45) is 0. The van der Waals surface area contributed by atoms with Gasteiger partial charge in [0.15, 0.2) is 0 Å². The summed E-state index contributed by atoms with van der Waals surface area (Å²) in [5.41, 5.74) is 0.00477. The number of aromatic nitrogens is 2. The summed E-state index contributed by atoms with van der Waals surface area (Å²) < 4.78 is 7.36. The van der Waals surface area contributed by atoms with E-state index >= 15 is 0 Å². The van der Waals surface area contributed by atoms with Gasteiger partial charge < -0.3 is 14.9 Å². The van der Waals surface area contributed by atoms with Crippen molar-refractivity contribution in [2.24, 2.45) is 0 Å². The summed E-state index contributed by atoms with van der Waals surface area (Å²) in [7, 11) is 0. The number of aliphatic carboxylic acids is 2. The van der Waals surface area contributed by atoms with Crippen LogP contribution in [0, 0.1) is 0 Å². The molecular weight excluding hydrogens is 280 g/mol. The Morgan fingerprint density at radius 3 is 2.19 bits per heavy atom. The third kappa shape index (κ3) is 2.88. The van der Waals surface area contributed by atoms with E-state index < -0.39 is 30.7 Å². The topological polar surface area (TPSA) is 111 Å². The van der Waals surface area contributed by atoms with Gasteiger partial charge in [0.05, 0.1) is 17.6 Å². The smallest absolute Gasteiger partial charge is 0.330 e. The van der Waals surface area contributed by atoms with E-state index in [4.69, 9.17) is 14.9 Å². The minimum Gasteiger partial charge on any atom is -0.494 e. The lowest BCUT2D eigenvalue weighted by atomic mass is 10.3. The molecule has 1 heterocycles. The van der Waals surface area contributed by atoms with Gasteiger partial charge in [0.25, 0.3) is 0 Å². The second-order valence-electron chi connectivity index (χ2n) is 4.33. The molecule has 0 unspecified atom stereocenters. The SMILES string of the molecule is CCOc1ccc2c(c1)n(CC(=O)O)c(=O)n2CC(=O)O. The van der Waals surface area contributed by atoms with Gasteiger partial charge in [-0.25, -0.2) is 4.79 Å². The fourth-order valence-electron chi connectivity index (χ4n) is 2.13. The first-order valence-corrected chi connectivity index (χ1v) is 6.23. The molecule has 0 saturated heterocycles. The van der Waals surface area contributed by atoms with E-state index in [1.165, 1.54) is 6.07 Å². The minimum absolute atomic E-state index is 0.328. The number of rotatable bonds is 6. The molecule has 2 N–H and O–H groups in total. The first-order chi connectivity index (χ1) is 9.93. The predicted molar refractivity (Wildman–Crippen MR) is 72.6 cm³/mol. The minimum atomic E-state index is -1.19. The molecule has 1 aromatic carbocycles. The average molecular weight is 294 g/mol. The second kappa shape index (κ2) is 5.70. The van der Waals surface area contributed by atoms with Crippen LogP contribution in [-0.4, -0.2) is 37.9 Å². The van der Waals surface area contributed by atoms with Crippen molar-refractivity contribution in [2.75, 3.05) is 6.61 Å². The Balaban J connectivity index is 2.68. The molecule has 2 rings (SSSR count). The van der Waals surface area contributed by atoms with E-state index in [9.17, 15) is 14.4 Å². The highest BCUT2D eigenvalue weighted by Gasteiger charge is 2.17. The number of hydrogen-bond donors (Lipinski definition) is 2. The lowest BCUT2D eigenvalue weighted by Gasteiger charge is -2.04. The Bertz CT molecular complexity index is 758. The number of carbonyl (C=O) groups is 2. The maximum atomic E-state index is 12.2. The highest BCUT2D eigenvalue weighted by molar-refractivity contribution is 5.81. The van der Waals surface area contributed by atoms with Crippen molar-refractivity contribution < 1.29 is 24.5 Å². The number of carboxylic acids is 2. The van der Waals surface area contributed by atoms with Crippen molar-refractivity contribution in [2.45, 2.75) is 20.0 Å². The molecule has 0 spiro atoms. The van der Waals surface area contributed by atoms with Gasteiger partial charge >= 0.3 is 17.6 Å². The zero-order valence-corrected chi connectivity index (χ0v) is 11.3. The molecule has 0 atom stereocenters. The van der Waals surface area contributed by atoms with Gasteiger partial charge in [-0.1, -0.05) is 0 Å². The van der Waals surface area contributed by atoms with Crippen molar-refractivity contribution in [1.29, 1.82) is 0 Å². The maximum Gasteiger partial charge on any atom is 0.330 e. The fraction of sp³-hybridized carbons (Fsp3) is 0.308. The molecule has 0 radical (unpaired) electrons. The van der Waals surface area contributed by atoms with Gasteiger partial charge in [-0.05, 0) is 19.1 Å². The van der Waals surface area contributed by atoms with Crippen LogP contribution in [0.15, 0.2) is 23.0 Å². The van der Waals surface area contributed by atoms with Crippen LogP contribution in [0.2, 0.25) is 0 Å². The maximum absolute atomic E-state index is 12.2. The summed E-state index contributed by atoms with van der Waals surface area (Å²) in [5, 5.41) is 17.8. The third-order valence-electron chi connectivity index (χ3n) is 2.89. The zero-order valence-electron chi connectivity index (χ0n) is 11.3. The van der Waals surface area contributed by atoms with E-state index in [0.29, 0.717) is 23.4 Å². The number of nitrogens with zero attached hydrogens (tertiary/aromatic N) is 2. The van der Waals surface area contributed by atoms with Crippen molar-refractivity contribution in [3.63, 3.8) is 0 Å². The molecule has 8 nitrogen and oxygen atoms in total. The Hall–Kier alpha value is -2.77. The molecule has 0 saturated carbocycles. The van der Waals surface area contributed by atoms with Crippen LogP contribution in [0.3, 0.4) is 0 Å². The van der Waals surface area contributed by atoms with Gasteiger partial charge in [0.1, 0.15) is 18.8 Å². The molecular formula is C13H14N2O6. The van der Waals surface area contributed by atoms with Gasteiger partial charge in [-0.2, -0.15) is 0 Å². The number of benzene rings is 1. The molecule has 0 fully saturated rings. The van der Waals surface area contributed by atoms with Crippen LogP contribution in [0.25, 0.3) is 11.0 Å². The van der Waals surface area contributed by atoms with E-state index in [0.717, 1.165) is 9.13 Å². The van der Waals surface area contributed by atoms with Crippen molar-refractivity contribution >= 4 is 23.0 Å². The molecule has 1 aromatic heterocycles. The highest BCUT2D eigenvalue weighted by Crippen LogP contribution is 2.20. The van der Waals surface area contributed by atoms with E-state index in [1.807, 2.05) is 0 Å². The molecule has 0 aliphatic rings. The van der Waals surface area contributed by atoms with Crippen LogP contribution in [0.4, 0.5) is 0 Å². The second-order valence-corrected chi connectivity index (χ2v) is 4.33. The Morgan fingerprint density at radius 2 is 1.67 bits per heavy atom. The molecule has 112 valence electrons. The lowest BCUT2D eigenvalue weighted by molar-refractivity contribution is -0.138. The third-order valence-corrected chi connectivity index (χ3v) is 2.89. The quantitative estimate of drug-likeness (QED) is 0.796. The van der Waals surface area contributed by atoms with Crippen molar-refractivity contribution in [3.05, 3.63) is 28.7 Å². The normalized spacial score (nSPS) is 10.7. The molecule has 0 aliphatic carbocycles. The van der Waals surface area contributed by atoms with Gasteiger partial charge in [0.2, 0.25) is 0 Å². The average Bonchev–Trinajstić information content (AvgIpc) is 2.64. The van der Waals surface area contributed by atoms with Crippen LogP contribution in [0.1, 0.15) is 6.92 Å². The Morgan fingerprint density at radius 1 is 1.10 bits per heavy atom.